The SMILES string of the molecule is O=C(Nc1ccc(Cl)cn1)C1CCN(c2ccc3ccccc3n2)CC1. The van der Waals surface area contributed by atoms with Crippen molar-refractivity contribution in [3.8, 4) is 0 Å². The molecule has 3 heterocycles. The Morgan fingerprint density at radius 3 is 2.65 bits per heavy atom. The van der Waals surface area contributed by atoms with Gasteiger partial charge in [0.2, 0.25) is 5.91 Å². The molecular weight excluding hydrogens is 348 g/mol. The first-order valence-corrected chi connectivity index (χ1v) is 9.10. The van der Waals surface area contributed by atoms with Crippen molar-refractivity contribution in [2.45, 2.75) is 12.8 Å². The fourth-order valence-electron chi connectivity index (χ4n) is 3.28. The fraction of sp³-hybridized carbons (Fsp3) is 0.250. The second-order valence-corrected chi connectivity index (χ2v) is 6.91. The largest absolute Gasteiger partial charge is 0.357 e. The van der Waals surface area contributed by atoms with Gasteiger partial charge in [-0.15, -0.1) is 0 Å². The highest BCUT2D eigenvalue weighted by Crippen LogP contribution is 2.25. The molecule has 1 aromatic carbocycles. The number of amides is 1. The van der Waals surface area contributed by atoms with Crippen LogP contribution in [0.5, 0.6) is 0 Å². The Balaban J connectivity index is 1.38. The van der Waals surface area contributed by atoms with Crippen LogP contribution in [0.25, 0.3) is 10.9 Å². The quantitative estimate of drug-likeness (QED) is 0.756. The van der Waals surface area contributed by atoms with E-state index in [4.69, 9.17) is 16.6 Å². The average molecular weight is 367 g/mol. The summed E-state index contributed by atoms with van der Waals surface area (Å²) in [6.45, 7) is 1.63. The predicted molar refractivity (Wildman–Crippen MR) is 105 cm³/mol. The van der Waals surface area contributed by atoms with Gasteiger partial charge in [0, 0.05) is 30.6 Å². The molecule has 0 aliphatic carbocycles. The molecule has 1 saturated heterocycles. The number of hydrogen-bond acceptors (Lipinski definition) is 4. The van der Waals surface area contributed by atoms with Gasteiger partial charge >= 0.3 is 0 Å². The zero-order chi connectivity index (χ0) is 17.9. The Kier molecular flexibility index (Phi) is 4.71. The zero-order valence-electron chi connectivity index (χ0n) is 14.2. The molecule has 1 N–H and O–H groups in total. The molecule has 1 aliphatic heterocycles. The smallest absolute Gasteiger partial charge is 0.228 e. The number of nitrogens with zero attached hydrogens (tertiary/aromatic N) is 3. The van der Waals surface area contributed by atoms with E-state index >= 15 is 0 Å². The van der Waals surface area contributed by atoms with Crippen LogP contribution in [0.3, 0.4) is 0 Å². The van der Waals surface area contributed by atoms with E-state index in [2.05, 4.69) is 33.4 Å². The van der Waals surface area contributed by atoms with Crippen molar-refractivity contribution in [3.63, 3.8) is 0 Å². The van der Waals surface area contributed by atoms with Gasteiger partial charge < -0.3 is 10.2 Å². The molecular formula is C20H19ClN4O. The van der Waals surface area contributed by atoms with E-state index in [1.807, 2.05) is 18.2 Å². The van der Waals surface area contributed by atoms with Gasteiger partial charge in [-0.05, 0) is 43.2 Å². The van der Waals surface area contributed by atoms with Crippen molar-refractivity contribution in [2.75, 3.05) is 23.3 Å². The number of piperidine rings is 1. The van der Waals surface area contributed by atoms with Crippen molar-refractivity contribution >= 4 is 40.0 Å². The van der Waals surface area contributed by atoms with Crippen molar-refractivity contribution in [1.29, 1.82) is 0 Å². The summed E-state index contributed by atoms with van der Waals surface area (Å²) in [5.41, 5.74) is 0.999. The van der Waals surface area contributed by atoms with E-state index < -0.39 is 0 Å². The Hall–Kier alpha value is -2.66. The molecule has 2 aromatic heterocycles. The molecule has 1 fully saturated rings. The van der Waals surface area contributed by atoms with Crippen molar-refractivity contribution in [1.82, 2.24) is 9.97 Å². The Labute approximate surface area is 157 Å². The summed E-state index contributed by atoms with van der Waals surface area (Å²) in [4.78, 5) is 23.6. The number of anilines is 2. The van der Waals surface area contributed by atoms with E-state index in [1.54, 1.807) is 12.1 Å². The normalized spacial score (nSPS) is 15.2. The van der Waals surface area contributed by atoms with Crippen LogP contribution >= 0.6 is 11.6 Å². The van der Waals surface area contributed by atoms with Gasteiger partial charge in [0.05, 0.1) is 10.5 Å². The number of carbonyl (C=O) groups is 1. The fourth-order valence-corrected chi connectivity index (χ4v) is 3.39. The first-order chi connectivity index (χ1) is 12.7. The van der Waals surface area contributed by atoms with E-state index in [9.17, 15) is 4.79 Å². The maximum Gasteiger partial charge on any atom is 0.228 e. The summed E-state index contributed by atoms with van der Waals surface area (Å²) in [6, 6.07) is 15.7. The third-order valence-corrected chi connectivity index (χ3v) is 4.98. The third kappa shape index (κ3) is 3.63. The third-order valence-electron chi connectivity index (χ3n) is 4.75. The zero-order valence-corrected chi connectivity index (χ0v) is 15.0. The number of nitrogens with one attached hydrogen (secondary N) is 1. The number of aromatic nitrogens is 2. The number of benzene rings is 1. The number of hydrogen-bond donors (Lipinski definition) is 1. The molecule has 1 amide bonds. The molecule has 0 saturated carbocycles. The topological polar surface area (TPSA) is 58.1 Å². The molecule has 26 heavy (non-hydrogen) atoms. The number of halogens is 1. The van der Waals surface area contributed by atoms with Crippen LogP contribution in [0, 0.1) is 5.92 Å². The Bertz CT molecular complexity index is 921. The molecule has 5 nitrogen and oxygen atoms in total. The molecule has 132 valence electrons. The highest BCUT2D eigenvalue weighted by molar-refractivity contribution is 6.30. The summed E-state index contributed by atoms with van der Waals surface area (Å²) in [5, 5.41) is 4.57. The first-order valence-electron chi connectivity index (χ1n) is 8.72. The molecule has 0 spiro atoms. The van der Waals surface area contributed by atoms with Gasteiger partial charge in [-0.25, -0.2) is 9.97 Å². The lowest BCUT2D eigenvalue weighted by atomic mass is 9.96. The summed E-state index contributed by atoms with van der Waals surface area (Å²) in [5.74, 6) is 1.52. The van der Waals surface area contributed by atoms with Crippen molar-refractivity contribution < 1.29 is 4.79 Å². The maximum absolute atomic E-state index is 12.5. The number of para-hydroxylation sites is 1. The molecule has 4 rings (SSSR count). The molecule has 0 radical (unpaired) electrons. The molecule has 0 bridgehead atoms. The molecule has 6 heteroatoms. The van der Waals surface area contributed by atoms with E-state index in [1.165, 1.54) is 6.20 Å². The highest BCUT2D eigenvalue weighted by atomic mass is 35.5. The van der Waals surface area contributed by atoms with Gasteiger partial charge in [0.25, 0.3) is 0 Å². The lowest BCUT2D eigenvalue weighted by Gasteiger charge is -2.32. The maximum atomic E-state index is 12.5. The van der Waals surface area contributed by atoms with Crippen LogP contribution in [0.1, 0.15) is 12.8 Å². The molecule has 0 unspecified atom stereocenters. The second-order valence-electron chi connectivity index (χ2n) is 6.47. The number of fused-ring (bicyclic) bond motifs is 1. The minimum Gasteiger partial charge on any atom is -0.357 e. The summed E-state index contributed by atoms with van der Waals surface area (Å²) >= 11 is 5.82. The number of pyridine rings is 2. The highest BCUT2D eigenvalue weighted by Gasteiger charge is 2.26. The van der Waals surface area contributed by atoms with Gasteiger partial charge in [0.1, 0.15) is 11.6 Å². The molecule has 0 atom stereocenters. The Morgan fingerprint density at radius 2 is 1.88 bits per heavy atom. The second kappa shape index (κ2) is 7.30. The van der Waals surface area contributed by atoms with Crippen LogP contribution in [-0.2, 0) is 4.79 Å². The number of carbonyl (C=O) groups excluding carboxylic acids is 1. The standard InChI is InChI=1S/C20H19ClN4O/c21-16-6-7-18(22-13-16)24-20(26)15-9-11-25(12-10-15)19-8-5-14-3-1-2-4-17(14)23-19/h1-8,13,15H,9-12H2,(H,22,24,26). The van der Waals surface area contributed by atoms with Crippen molar-refractivity contribution in [2.24, 2.45) is 5.92 Å². The lowest BCUT2D eigenvalue weighted by molar-refractivity contribution is -0.120. The van der Waals surface area contributed by atoms with Crippen LogP contribution in [0.2, 0.25) is 5.02 Å². The van der Waals surface area contributed by atoms with E-state index in [-0.39, 0.29) is 11.8 Å². The first kappa shape index (κ1) is 16.8. The molecule has 1 aliphatic rings. The van der Waals surface area contributed by atoms with E-state index in [0.29, 0.717) is 10.8 Å². The van der Waals surface area contributed by atoms with Gasteiger partial charge in [0.15, 0.2) is 0 Å². The minimum absolute atomic E-state index is 0.0100. The summed E-state index contributed by atoms with van der Waals surface area (Å²) in [7, 11) is 0. The van der Waals surface area contributed by atoms with Crippen LogP contribution in [0.4, 0.5) is 11.6 Å². The monoisotopic (exact) mass is 366 g/mol. The summed E-state index contributed by atoms with van der Waals surface area (Å²) < 4.78 is 0. The van der Waals surface area contributed by atoms with Crippen LogP contribution < -0.4 is 10.2 Å². The van der Waals surface area contributed by atoms with Crippen molar-refractivity contribution in [3.05, 3.63) is 59.8 Å². The van der Waals surface area contributed by atoms with Gasteiger partial charge in [-0.1, -0.05) is 29.8 Å². The minimum atomic E-state index is -0.0100. The van der Waals surface area contributed by atoms with Crippen LogP contribution in [0.15, 0.2) is 54.7 Å². The average Bonchev–Trinajstić information content (AvgIpc) is 2.69. The lowest BCUT2D eigenvalue weighted by Crippen LogP contribution is -2.38. The van der Waals surface area contributed by atoms with Crippen LogP contribution in [-0.4, -0.2) is 29.0 Å². The predicted octanol–water partition coefficient (Wildman–Crippen LogP) is 4.14. The van der Waals surface area contributed by atoms with E-state index in [0.717, 1.165) is 42.7 Å². The molecule has 3 aromatic rings. The number of rotatable bonds is 3. The van der Waals surface area contributed by atoms with Gasteiger partial charge in [-0.3, -0.25) is 4.79 Å². The van der Waals surface area contributed by atoms with Gasteiger partial charge in [-0.2, -0.15) is 0 Å². The Morgan fingerprint density at radius 1 is 1.08 bits per heavy atom. The summed E-state index contributed by atoms with van der Waals surface area (Å²) in [6.07, 6.45) is 3.13.